The van der Waals surface area contributed by atoms with Crippen LogP contribution < -0.4 is 50.5 Å². The van der Waals surface area contributed by atoms with Gasteiger partial charge in [-0.25, -0.2) is 5.12 Å². The molecule has 8 heteroatoms. The Morgan fingerprint density at radius 1 is 1.04 bits per heavy atom. The number of nitrogen functional groups attached to an aromatic ring is 2. The Morgan fingerprint density at radius 2 is 1.78 bits per heavy atom. The molecule has 2 aliphatic carbocycles. The topological polar surface area (TPSA) is 117 Å². The Morgan fingerprint density at radius 3 is 2.41 bits per heavy atom. The summed E-state index contributed by atoms with van der Waals surface area (Å²) in [5.74, 6) is 10.7. The van der Waals surface area contributed by atoms with Gasteiger partial charge in [0.1, 0.15) is 11.8 Å². The standard InChI is InChI=1S/C19H25N5O2.HI/c20-14-3-8-17(21)19(11-14)26-16-6-4-15(5-7-16)24(25)23(22)18-10-12-1-2-13(18)9-12;/h3-8,11-13,18,22-24H,1-2,9-10,20-21H2;1H/p-1. The van der Waals surface area contributed by atoms with Gasteiger partial charge in [0.25, 0.3) is 0 Å². The van der Waals surface area contributed by atoms with Crippen molar-refractivity contribution in [1.29, 1.82) is 0 Å². The first-order valence-corrected chi connectivity index (χ1v) is 9.07. The van der Waals surface area contributed by atoms with Gasteiger partial charge in [-0.15, -0.1) is 0 Å². The van der Waals surface area contributed by atoms with Gasteiger partial charge in [-0.3, -0.25) is 0 Å². The quantitative estimate of drug-likeness (QED) is 0.239. The molecular formula is C19H25IN5O2-. The van der Waals surface area contributed by atoms with E-state index in [4.69, 9.17) is 22.0 Å². The number of ether oxygens (including phenoxy) is 1. The minimum absolute atomic E-state index is 0. The van der Waals surface area contributed by atoms with E-state index in [0.717, 1.165) is 12.3 Å². The van der Waals surface area contributed by atoms with E-state index in [1.54, 1.807) is 42.5 Å². The minimum atomic E-state index is -0.169. The van der Waals surface area contributed by atoms with Gasteiger partial charge >= 0.3 is 0 Å². The molecule has 0 saturated heterocycles. The highest BCUT2D eigenvalue weighted by molar-refractivity contribution is 5.60. The predicted molar refractivity (Wildman–Crippen MR) is 100 cm³/mol. The Labute approximate surface area is 176 Å². The summed E-state index contributed by atoms with van der Waals surface area (Å²) in [7, 11) is 0. The molecule has 27 heavy (non-hydrogen) atoms. The van der Waals surface area contributed by atoms with E-state index in [1.807, 2.05) is 0 Å². The van der Waals surface area contributed by atoms with Gasteiger partial charge in [0.15, 0.2) is 11.4 Å². The lowest BCUT2D eigenvalue weighted by Gasteiger charge is -2.39. The van der Waals surface area contributed by atoms with E-state index in [9.17, 15) is 5.21 Å². The number of benzene rings is 2. The number of anilines is 2. The Hall–Kier alpha value is -1.59. The molecule has 0 amide bonds. The summed E-state index contributed by atoms with van der Waals surface area (Å²) in [5.41, 5.74) is 13.3. The fraction of sp³-hybridized carbons (Fsp3) is 0.368. The zero-order chi connectivity index (χ0) is 18.3. The van der Waals surface area contributed by atoms with E-state index in [1.165, 1.54) is 19.3 Å². The molecule has 2 aromatic rings. The van der Waals surface area contributed by atoms with Crippen LogP contribution in [-0.4, -0.2) is 6.04 Å². The third-order valence-corrected chi connectivity index (χ3v) is 5.74. The minimum Gasteiger partial charge on any atom is -1.00 e. The number of hydrogen-bond donors (Lipinski definition) is 4. The van der Waals surface area contributed by atoms with E-state index < -0.39 is 0 Å². The van der Waals surface area contributed by atoms with Gasteiger partial charge in [-0.05, 0) is 49.4 Å². The highest BCUT2D eigenvalue weighted by atomic mass is 127. The summed E-state index contributed by atoms with van der Waals surface area (Å²) in [5, 5.41) is 12.8. The zero-order valence-electron chi connectivity index (χ0n) is 15.0. The molecule has 2 fully saturated rings. The lowest BCUT2D eigenvalue weighted by Crippen LogP contribution is -3.54. The van der Waals surface area contributed by atoms with Crippen molar-refractivity contribution < 1.29 is 39.0 Å². The number of hydrogen-bond acceptors (Lipinski definition) is 4. The maximum absolute atomic E-state index is 12.7. The molecule has 7 N–H and O–H groups in total. The van der Waals surface area contributed by atoms with Gasteiger partial charge in [-0.1, -0.05) is 0 Å². The lowest BCUT2D eigenvalue weighted by atomic mass is 9.96. The molecule has 5 atom stereocenters. The molecule has 2 aliphatic rings. The summed E-state index contributed by atoms with van der Waals surface area (Å²) in [6, 6.07) is 12.1. The smallest absolute Gasteiger partial charge is 0.178 e. The molecule has 0 aliphatic heterocycles. The van der Waals surface area contributed by atoms with Gasteiger partial charge in [-0.2, -0.15) is 5.17 Å². The van der Waals surface area contributed by atoms with Gasteiger partial charge in [0, 0.05) is 36.2 Å². The van der Waals surface area contributed by atoms with Crippen molar-refractivity contribution in [3.05, 3.63) is 53.5 Å². The average Bonchev–Trinajstić information content (AvgIpc) is 3.27. The zero-order valence-corrected chi connectivity index (χ0v) is 17.1. The van der Waals surface area contributed by atoms with Crippen LogP contribution in [0.15, 0.2) is 42.5 Å². The summed E-state index contributed by atoms with van der Waals surface area (Å²) in [6.07, 6.45) is 4.63. The lowest BCUT2D eigenvalue weighted by molar-refractivity contribution is -1.44. The Kier molecular flexibility index (Phi) is 6.11. The molecule has 2 bridgehead atoms. The van der Waals surface area contributed by atoms with Crippen molar-refractivity contribution in [3.63, 3.8) is 0 Å². The maximum Gasteiger partial charge on any atom is 0.178 e. The average molecular weight is 482 g/mol. The van der Waals surface area contributed by atoms with Crippen LogP contribution in [0.5, 0.6) is 11.5 Å². The van der Waals surface area contributed by atoms with Crippen molar-refractivity contribution in [3.8, 4) is 11.5 Å². The first kappa shape index (κ1) is 20.2. The number of nitrogens with one attached hydrogen (secondary N) is 3. The van der Waals surface area contributed by atoms with E-state index in [0.29, 0.717) is 34.5 Å². The van der Waals surface area contributed by atoms with Crippen LogP contribution in [0.4, 0.5) is 17.1 Å². The van der Waals surface area contributed by atoms with Crippen molar-refractivity contribution in [1.82, 2.24) is 0 Å². The second-order valence-corrected chi connectivity index (χ2v) is 7.45. The van der Waals surface area contributed by atoms with E-state index in [-0.39, 0.29) is 40.3 Å². The highest BCUT2D eigenvalue weighted by Crippen LogP contribution is 2.43. The van der Waals surface area contributed by atoms with Crippen molar-refractivity contribution >= 4 is 17.1 Å². The molecule has 5 unspecified atom stereocenters. The third-order valence-electron chi connectivity index (χ3n) is 5.74. The monoisotopic (exact) mass is 482 g/mol. The Balaban J connectivity index is 0.00000210. The summed E-state index contributed by atoms with van der Waals surface area (Å²) >= 11 is 0. The number of quaternary nitrogens is 2. The largest absolute Gasteiger partial charge is 1.00 e. The van der Waals surface area contributed by atoms with E-state index >= 15 is 0 Å². The fourth-order valence-electron chi connectivity index (χ4n) is 4.36. The Bertz CT molecular complexity index is 788. The molecule has 0 aromatic heterocycles. The van der Waals surface area contributed by atoms with Gasteiger partial charge < -0.3 is 51.2 Å². The molecular weight excluding hydrogens is 457 g/mol. The van der Waals surface area contributed by atoms with Crippen molar-refractivity contribution in [2.45, 2.75) is 31.7 Å². The molecule has 0 heterocycles. The van der Waals surface area contributed by atoms with Crippen LogP contribution in [0.1, 0.15) is 25.7 Å². The van der Waals surface area contributed by atoms with Gasteiger partial charge in [0.05, 0.1) is 5.69 Å². The summed E-state index contributed by atoms with van der Waals surface area (Å²) < 4.78 is 5.76. The molecule has 2 aromatic carbocycles. The van der Waals surface area contributed by atoms with Crippen LogP contribution >= 0.6 is 0 Å². The van der Waals surface area contributed by atoms with Crippen LogP contribution in [0.2, 0.25) is 0 Å². The van der Waals surface area contributed by atoms with Crippen LogP contribution in [0, 0.1) is 17.0 Å². The number of nitrogens with two attached hydrogens (primary N) is 2. The van der Waals surface area contributed by atoms with Crippen LogP contribution in [-0.2, 0) is 0 Å². The first-order chi connectivity index (χ1) is 12.5. The normalized spacial score (nSPS) is 25.6. The summed E-state index contributed by atoms with van der Waals surface area (Å²) in [4.78, 5) is 0. The van der Waals surface area contributed by atoms with Crippen LogP contribution in [0.25, 0.3) is 5.84 Å². The molecule has 4 rings (SSSR count). The fourth-order valence-corrected chi connectivity index (χ4v) is 4.36. The number of rotatable bonds is 5. The molecule has 2 saturated carbocycles. The second-order valence-electron chi connectivity index (χ2n) is 7.45. The van der Waals surface area contributed by atoms with Crippen LogP contribution in [0.3, 0.4) is 0 Å². The SMILES string of the molecule is [I-].[NH-][NH+](C1CC2CCC1C2)[NH+]([O-])c1ccc(Oc2cc(N)ccc2N)cc1. The molecule has 0 radical (unpaired) electrons. The number of fused-ring (bicyclic) bond motifs is 2. The maximum atomic E-state index is 12.7. The first-order valence-electron chi connectivity index (χ1n) is 9.07. The van der Waals surface area contributed by atoms with E-state index in [2.05, 4.69) is 0 Å². The van der Waals surface area contributed by atoms with Gasteiger partial charge in [0.2, 0.25) is 0 Å². The highest BCUT2D eigenvalue weighted by Gasteiger charge is 2.45. The number of halogens is 1. The second kappa shape index (κ2) is 8.19. The molecule has 146 valence electrons. The van der Waals surface area contributed by atoms with Crippen molar-refractivity contribution in [2.24, 2.45) is 11.8 Å². The predicted octanol–water partition coefficient (Wildman–Crippen LogP) is -1.38. The third kappa shape index (κ3) is 4.14. The molecule has 7 nitrogen and oxygen atoms in total. The molecule has 0 spiro atoms. The summed E-state index contributed by atoms with van der Waals surface area (Å²) in [6.45, 7) is 0. The van der Waals surface area contributed by atoms with Crippen molar-refractivity contribution in [2.75, 3.05) is 11.5 Å².